The number of nitrogens with one attached hydrogen (secondary N) is 1. The molecule has 118 valence electrons. The maximum Gasteiger partial charge on any atom is 0.418 e. The molecule has 0 bridgehead atoms. The van der Waals surface area contributed by atoms with Gasteiger partial charge in [-0.15, -0.1) is 0 Å². The smallest absolute Gasteiger partial charge is 0.398 e. The van der Waals surface area contributed by atoms with Crippen molar-refractivity contribution in [2.75, 3.05) is 17.7 Å². The van der Waals surface area contributed by atoms with Crippen LogP contribution in [0.4, 0.5) is 24.5 Å². The van der Waals surface area contributed by atoms with Gasteiger partial charge in [-0.05, 0) is 31.5 Å². The number of nitrogen functional groups attached to an aromatic ring is 1. The number of anilines is 2. The number of hydrogen-bond acceptors (Lipinski definition) is 3. The third-order valence-corrected chi connectivity index (χ3v) is 4.25. The van der Waals surface area contributed by atoms with Crippen LogP contribution in [-0.4, -0.2) is 18.8 Å². The van der Waals surface area contributed by atoms with Gasteiger partial charge in [0.05, 0.1) is 11.7 Å². The van der Waals surface area contributed by atoms with Gasteiger partial charge >= 0.3 is 6.18 Å². The van der Waals surface area contributed by atoms with Crippen molar-refractivity contribution < 1.29 is 17.9 Å². The fourth-order valence-electron chi connectivity index (χ4n) is 2.71. The lowest BCUT2D eigenvalue weighted by Crippen LogP contribution is -2.58. The number of benzene rings is 1. The Morgan fingerprint density at radius 3 is 2.57 bits per heavy atom. The number of nitrogens with two attached hydrogens (primary N) is 1. The van der Waals surface area contributed by atoms with E-state index in [1.807, 2.05) is 6.92 Å². The molecule has 0 spiro atoms. The molecule has 2 rings (SSSR count). The van der Waals surface area contributed by atoms with Crippen LogP contribution in [0.5, 0.6) is 0 Å². The Morgan fingerprint density at radius 1 is 1.38 bits per heavy atom. The highest BCUT2D eigenvalue weighted by atomic mass is 19.4. The Labute approximate surface area is 122 Å². The molecule has 0 heterocycles. The molecular formula is C15H21F3N2O. The van der Waals surface area contributed by atoms with E-state index < -0.39 is 11.7 Å². The van der Waals surface area contributed by atoms with E-state index >= 15 is 0 Å². The minimum absolute atomic E-state index is 0.0822. The number of hydrogen-bond donors (Lipinski definition) is 2. The first kappa shape index (κ1) is 15.9. The first-order chi connectivity index (χ1) is 9.66. The fraction of sp³-hybridized carbons (Fsp3) is 0.600. The molecule has 1 aromatic carbocycles. The second kappa shape index (κ2) is 5.40. The fourth-order valence-corrected chi connectivity index (χ4v) is 2.71. The Kier molecular flexibility index (Phi) is 4.10. The van der Waals surface area contributed by atoms with Crippen molar-refractivity contribution in [2.45, 2.75) is 45.5 Å². The highest BCUT2D eigenvalue weighted by Gasteiger charge is 2.49. The maximum absolute atomic E-state index is 12.8. The number of halogens is 3. The van der Waals surface area contributed by atoms with Crippen molar-refractivity contribution in [2.24, 2.45) is 5.41 Å². The molecule has 1 fully saturated rings. The van der Waals surface area contributed by atoms with E-state index in [0.717, 1.165) is 12.5 Å². The van der Waals surface area contributed by atoms with E-state index in [-0.39, 0.29) is 23.2 Å². The summed E-state index contributed by atoms with van der Waals surface area (Å²) >= 11 is 0. The summed E-state index contributed by atoms with van der Waals surface area (Å²) in [6.07, 6.45) is -3.52. The maximum atomic E-state index is 12.8. The summed E-state index contributed by atoms with van der Waals surface area (Å²) in [4.78, 5) is 0. The van der Waals surface area contributed by atoms with Crippen LogP contribution >= 0.6 is 0 Å². The second-order valence-electron chi connectivity index (χ2n) is 6.00. The van der Waals surface area contributed by atoms with Gasteiger partial charge in [0.1, 0.15) is 0 Å². The van der Waals surface area contributed by atoms with Gasteiger partial charge in [-0.3, -0.25) is 0 Å². The Hall–Kier alpha value is -1.43. The third-order valence-electron chi connectivity index (χ3n) is 4.25. The summed E-state index contributed by atoms with van der Waals surface area (Å²) < 4.78 is 44.2. The molecule has 3 N–H and O–H groups in total. The zero-order valence-electron chi connectivity index (χ0n) is 12.4. The van der Waals surface area contributed by atoms with Crippen LogP contribution < -0.4 is 11.1 Å². The summed E-state index contributed by atoms with van der Waals surface area (Å²) in [7, 11) is 0. The van der Waals surface area contributed by atoms with Crippen molar-refractivity contribution in [1.29, 1.82) is 0 Å². The molecule has 2 atom stereocenters. The van der Waals surface area contributed by atoms with Gasteiger partial charge < -0.3 is 15.8 Å². The summed E-state index contributed by atoms with van der Waals surface area (Å²) in [5.74, 6) is 0. The number of rotatable bonds is 4. The molecule has 1 saturated carbocycles. The quantitative estimate of drug-likeness (QED) is 0.829. The van der Waals surface area contributed by atoms with Crippen molar-refractivity contribution >= 4 is 11.4 Å². The average Bonchev–Trinajstić information content (AvgIpc) is 2.38. The van der Waals surface area contributed by atoms with Gasteiger partial charge in [0.15, 0.2) is 0 Å². The van der Waals surface area contributed by atoms with Gasteiger partial charge in [-0.25, -0.2) is 0 Å². The molecule has 1 aromatic rings. The van der Waals surface area contributed by atoms with Crippen molar-refractivity contribution in [3.8, 4) is 0 Å². The summed E-state index contributed by atoms with van der Waals surface area (Å²) in [6.45, 7) is 6.68. The molecular weight excluding hydrogens is 281 g/mol. The average molecular weight is 302 g/mol. The highest BCUT2D eigenvalue weighted by molar-refractivity contribution is 5.59. The molecule has 0 radical (unpaired) electrons. The lowest BCUT2D eigenvalue weighted by molar-refractivity contribution is -0.136. The molecule has 3 nitrogen and oxygen atoms in total. The second-order valence-corrected chi connectivity index (χ2v) is 6.00. The number of alkyl halides is 3. The Morgan fingerprint density at radius 2 is 2.05 bits per heavy atom. The molecule has 0 saturated heterocycles. The summed E-state index contributed by atoms with van der Waals surface area (Å²) in [6, 6.07) is 4.02. The molecule has 1 aliphatic carbocycles. The van der Waals surface area contributed by atoms with Gasteiger partial charge in [0.2, 0.25) is 0 Å². The van der Waals surface area contributed by atoms with E-state index in [1.165, 1.54) is 6.07 Å². The molecule has 21 heavy (non-hydrogen) atoms. The molecule has 0 aliphatic heterocycles. The Balaban J connectivity index is 2.12. The minimum Gasteiger partial charge on any atom is -0.398 e. The molecule has 1 aliphatic rings. The van der Waals surface area contributed by atoms with Crippen LogP contribution in [-0.2, 0) is 10.9 Å². The van der Waals surface area contributed by atoms with Gasteiger partial charge in [-0.2, -0.15) is 13.2 Å². The monoisotopic (exact) mass is 302 g/mol. The van der Waals surface area contributed by atoms with Gasteiger partial charge in [0, 0.05) is 29.4 Å². The van der Waals surface area contributed by atoms with Crippen LogP contribution in [0.2, 0.25) is 0 Å². The zero-order chi connectivity index (χ0) is 15.8. The van der Waals surface area contributed by atoms with Crippen LogP contribution in [0.15, 0.2) is 18.2 Å². The normalized spacial score (nSPS) is 24.5. The van der Waals surface area contributed by atoms with Crippen molar-refractivity contribution in [1.82, 2.24) is 0 Å². The lowest BCUT2D eigenvalue weighted by Gasteiger charge is -2.52. The van der Waals surface area contributed by atoms with Gasteiger partial charge in [-0.1, -0.05) is 13.8 Å². The Bertz CT molecular complexity index is 514. The van der Waals surface area contributed by atoms with Crippen LogP contribution in [0, 0.1) is 5.41 Å². The van der Waals surface area contributed by atoms with Crippen molar-refractivity contribution in [3.05, 3.63) is 23.8 Å². The van der Waals surface area contributed by atoms with E-state index in [0.29, 0.717) is 12.3 Å². The van der Waals surface area contributed by atoms with E-state index in [4.69, 9.17) is 10.5 Å². The van der Waals surface area contributed by atoms with E-state index in [2.05, 4.69) is 19.2 Å². The lowest BCUT2D eigenvalue weighted by atomic mass is 9.64. The number of ether oxygens (including phenoxy) is 1. The van der Waals surface area contributed by atoms with Crippen LogP contribution in [0.3, 0.4) is 0 Å². The van der Waals surface area contributed by atoms with Crippen LogP contribution in [0.1, 0.15) is 32.8 Å². The first-order valence-electron chi connectivity index (χ1n) is 7.01. The first-order valence-corrected chi connectivity index (χ1v) is 7.01. The minimum atomic E-state index is -4.44. The third kappa shape index (κ3) is 3.10. The van der Waals surface area contributed by atoms with E-state index in [9.17, 15) is 13.2 Å². The molecule has 0 amide bonds. The summed E-state index contributed by atoms with van der Waals surface area (Å²) in [5.41, 5.74) is 4.66. The van der Waals surface area contributed by atoms with E-state index in [1.54, 1.807) is 6.07 Å². The topological polar surface area (TPSA) is 47.3 Å². The standard InChI is InChI=1S/C15H21F3N2O/c1-4-21-13-8-12(14(13,2)3)20-9-5-6-11(19)10(7-9)15(16,17)18/h5-7,12-13,20H,4,8,19H2,1-3H3. The van der Waals surface area contributed by atoms with Crippen LogP contribution in [0.25, 0.3) is 0 Å². The summed E-state index contributed by atoms with van der Waals surface area (Å²) in [5, 5.41) is 3.16. The predicted octanol–water partition coefficient (Wildman–Crippen LogP) is 3.90. The molecule has 2 unspecified atom stereocenters. The SMILES string of the molecule is CCOC1CC(Nc2ccc(N)c(C(F)(F)F)c2)C1(C)C. The largest absolute Gasteiger partial charge is 0.418 e. The van der Waals surface area contributed by atoms with Gasteiger partial charge in [0.25, 0.3) is 0 Å². The highest BCUT2D eigenvalue weighted by Crippen LogP contribution is 2.45. The molecule has 0 aromatic heterocycles. The predicted molar refractivity (Wildman–Crippen MR) is 77.1 cm³/mol. The zero-order valence-corrected chi connectivity index (χ0v) is 12.4. The molecule has 6 heteroatoms. The van der Waals surface area contributed by atoms with Crippen molar-refractivity contribution in [3.63, 3.8) is 0 Å².